The van der Waals surface area contributed by atoms with Crippen molar-refractivity contribution in [2.75, 3.05) is 7.11 Å². The number of carbonyl (C=O) groups excluding carboxylic acids is 1. The molecule has 2 nitrogen and oxygen atoms in total. The Morgan fingerprint density at radius 2 is 1.56 bits per heavy atom. The largest absolute Gasteiger partial charge is 0.465 e. The minimum absolute atomic E-state index is 0.0790. The van der Waals surface area contributed by atoms with Crippen LogP contribution in [0.2, 0.25) is 0 Å². The Kier molecular flexibility index (Phi) is 4.66. The fourth-order valence-corrected chi connectivity index (χ4v) is 4.13. The Hall–Kier alpha value is -2.19. The van der Waals surface area contributed by atoms with Crippen LogP contribution in [-0.2, 0) is 4.74 Å². The molecule has 3 rings (SSSR count). The Labute approximate surface area is 148 Å². The second-order valence-corrected chi connectivity index (χ2v) is 7.28. The molecule has 0 atom stereocenters. The highest BCUT2D eigenvalue weighted by molar-refractivity contribution is 7.15. The van der Waals surface area contributed by atoms with Gasteiger partial charge in [-0.05, 0) is 30.5 Å². The third kappa shape index (κ3) is 2.85. The first-order chi connectivity index (χ1) is 11.9. The van der Waals surface area contributed by atoms with E-state index < -0.39 is 40.4 Å². The zero-order valence-electron chi connectivity index (χ0n) is 13.0. The predicted octanol–water partition coefficient (Wildman–Crippen LogP) is 5.80. The van der Waals surface area contributed by atoms with Crippen LogP contribution in [-0.4, -0.2) is 13.1 Å². The number of methoxy groups -OCH3 is 1. The van der Waals surface area contributed by atoms with Gasteiger partial charge >= 0.3 is 5.97 Å². The maximum absolute atomic E-state index is 14.6. The lowest BCUT2D eigenvalue weighted by Crippen LogP contribution is -2.06. The number of hydrogen-bond donors (Lipinski definition) is 0. The van der Waals surface area contributed by atoms with Crippen molar-refractivity contribution in [1.82, 2.24) is 0 Å². The van der Waals surface area contributed by atoms with Crippen molar-refractivity contribution >= 4 is 28.6 Å². The number of benzene rings is 1. The molecule has 0 radical (unpaired) electrons. The van der Waals surface area contributed by atoms with E-state index in [4.69, 9.17) is 0 Å². The number of ether oxygens (including phenoxy) is 1. The highest BCUT2D eigenvalue weighted by Crippen LogP contribution is 2.41. The zero-order valence-corrected chi connectivity index (χ0v) is 14.6. The molecule has 1 aromatic carbocycles. The summed E-state index contributed by atoms with van der Waals surface area (Å²) in [6, 6.07) is 4.20. The third-order valence-electron chi connectivity index (χ3n) is 3.56. The molecule has 0 aliphatic rings. The molecule has 0 fully saturated rings. The van der Waals surface area contributed by atoms with Gasteiger partial charge in [0.15, 0.2) is 23.3 Å². The van der Waals surface area contributed by atoms with Crippen LogP contribution in [0.4, 0.5) is 17.6 Å². The van der Waals surface area contributed by atoms with Crippen molar-refractivity contribution in [3.63, 3.8) is 0 Å². The van der Waals surface area contributed by atoms with E-state index in [2.05, 4.69) is 4.74 Å². The highest BCUT2D eigenvalue weighted by atomic mass is 32.1. The summed E-state index contributed by atoms with van der Waals surface area (Å²) in [5.74, 6) is -6.95. The van der Waals surface area contributed by atoms with Gasteiger partial charge in [0.25, 0.3) is 0 Å². The lowest BCUT2D eigenvalue weighted by molar-refractivity contribution is 0.0607. The smallest absolute Gasteiger partial charge is 0.348 e. The van der Waals surface area contributed by atoms with Crippen LogP contribution < -0.4 is 0 Å². The van der Waals surface area contributed by atoms with Crippen molar-refractivity contribution < 1.29 is 27.1 Å². The first kappa shape index (κ1) is 17.6. The normalized spacial score (nSPS) is 11.0. The lowest BCUT2D eigenvalue weighted by Gasteiger charge is -2.11. The molecule has 0 unspecified atom stereocenters. The first-order valence-corrected chi connectivity index (χ1v) is 8.65. The maximum Gasteiger partial charge on any atom is 0.348 e. The molecular weight excluding hydrogens is 376 g/mol. The van der Waals surface area contributed by atoms with Gasteiger partial charge in [-0.3, -0.25) is 0 Å². The molecule has 3 aromatic rings. The van der Waals surface area contributed by atoms with Crippen molar-refractivity contribution in [2.24, 2.45) is 0 Å². The number of thiophene rings is 2. The Balaban J connectivity index is 2.28. The molecule has 25 heavy (non-hydrogen) atoms. The number of rotatable bonds is 3. The van der Waals surface area contributed by atoms with Crippen LogP contribution in [0.25, 0.3) is 21.6 Å². The van der Waals surface area contributed by atoms with Gasteiger partial charge in [0.2, 0.25) is 0 Å². The monoisotopic (exact) mass is 386 g/mol. The Bertz CT molecular complexity index is 946. The quantitative estimate of drug-likeness (QED) is 0.323. The van der Waals surface area contributed by atoms with E-state index in [0.717, 1.165) is 34.7 Å². The molecule has 2 aromatic heterocycles. The number of carbonyl (C=O) groups is 1. The van der Waals surface area contributed by atoms with Gasteiger partial charge in [0.05, 0.1) is 18.2 Å². The maximum atomic E-state index is 14.6. The molecule has 130 valence electrons. The zero-order chi connectivity index (χ0) is 18.3. The third-order valence-corrected chi connectivity index (χ3v) is 5.47. The van der Waals surface area contributed by atoms with Gasteiger partial charge in [-0.2, -0.15) is 0 Å². The molecule has 0 saturated heterocycles. The van der Waals surface area contributed by atoms with Crippen LogP contribution >= 0.6 is 22.7 Å². The standard InChI is InChI=1S/C17H10F4O2S2/c1-7-3-4-9(25-7)11-14(20)12(18)10(13(19)15(11)21)8-5-6-24-16(8)17(22)23-2/h3-6H,1-2H3. The second kappa shape index (κ2) is 6.61. The van der Waals surface area contributed by atoms with Crippen molar-refractivity contribution in [3.05, 3.63) is 56.6 Å². The van der Waals surface area contributed by atoms with Crippen LogP contribution in [0, 0.1) is 30.2 Å². The van der Waals surface area contributed by atoms with Crippen LogP contribution in [0.5, 0.6) is 0 Å². The van der Waals surface area contributed by atoms with E-state index in [9.17, 15) is 22.4 Å². The minimum Gasteiger partial charge on any atom is -0.465 e. The molecule has 8 heteroatoms. The van der Waals surface area contributed by atoms with Gasteiger partial charge in [-0.1, -0.05) is 0 Å². The summed E-state index contributed by atoms with van der Waals surface area (Å²) in [5.41, 5.74) is -1.93. The SMILES string of the molecule is COC(=O)c1sccc1-c1c(F)c(F)c(-c2ccc(C)s2)c(F)c1F. The van der Waals surface area contributed by atoms with Gasteiger partial charge in [0.1, 0.15) is 4.88 Å². The minimum atomic E-state index is -1.55. The Morgan fingerprint density at radius 3 is 2.08 bits per heavy atom. The number of esters is 1. The van der Waals surface area contributed by atoms with E-state index >= 15 is 0 Å². The number of hydrogen-bond acceptors (Lipinski definition) is 4. The van der Waals surface area contributed by atoms with Crippen molar-refractivity contribution in [2.45, 2.75) is 6.92 Å². The molecule has 0 saturated carbocycles. The summed E-state index contributed by atoms with van der Waals surface area (Å²) >= 11 is 1.88. The average molecular weight is 386 g/mol. The number of halogens is 4. The van der Waals surface area contributed by atoms with Gasteiger partial charge in [-0.15, -0.1) is 22.7 Å². The molecule has 0 spiro atoms. The van der Waals surface area contributed by atoms with Crippen LogP contribution in [0.3, 0.4) is 0 Å². The molecule has 0 N–H and O–H groups in total. The topological polar surface area (TPSA) is 26.3 Å². The summed E-state index contributed by atoms with van der Waals surface area (Å²) in [6.45, 7) is 1.71. The fraction of sp³-hybridized carbons (Fsp3) is 0.118. The molecule has 0 amide bonds. The van der Waals surface area contributed by atoms with Crippen molar-refractivity contribution in [3.8, 4) is 21.6 Å². The van der Waals surface area contributed by atoms with E-state index in [-0.39, 0.29) is 15.3 Å². The predicted molar refractivity (Wildman–Crippen MR) is 89.0 cm³/mol. The van der Waals surface area contributed by atoms with Crippen LogP contribution in [0.15, 0.2) is 23.6 Å². The summed E-state index contributed by atoms with van der Waals surface area (Å²) in [6.07, 6.45) is 0. The molecular formula is C17H10F4O2S2. The van der Waals surface area contributed by atoms with Gasteiger partial charge < -0.3 is 4.74 Å². The highest BCUT2D eigenvalue weighted by Gasteiger charge is 2.30. The van der Waals surface area contributed by atoms with Gasteiger partial charge in [-0.25, -0.2) is 22.4 Å². The molecule has 0 bridgehead atoms. The summed E-state index contributed by atoms with van der Waals surface area (Å²) in [7, 11) is 1.10. The molecule has 2 heterocycles. The lowest BCUT2D eigenvalue weighted by atomic mass is 10.0. The van der Waals surface area contributed by atoms with E-state index in [1.807, 2.05) is 0 Å². The average Bonchev–Trinajstić information content (AvgIpc) is 3.22. The summed E-state index contributed by atoms with van der Waals surface area (Å²) in [4.78, 5) is 12.4. The number of aryl methyl sites for hydroxylation is 1. The first-order valence-electron chi connectivity index (χ1n) is 6.95. The molecule has 0 aliphatic carbocycles. The van der Waals surface area contributed by atoms with E-state index in [1.165, 1.54) is 17.5 Å². The summed E-state index contributed by atoms with van der Waals surface area (Å²) in [5, 5.41) is 1.38. The summed E-state index contributed by atoms with van der Waals surface area (Å²) < 4.78 is 62.7. The second-order valence-electron chi connectivity index (χ2n) is 5.07. The van der Waals surface area contributed by atoms with E-state index in [0.29, 0.717) is 0 Å². The fourth-order valence-electron chi connectivity index (χ4n) is 2.41. The Morgan fingerprint density at radius 1 is 0.960 bits per heavy atom. The van der Waals surface area contributed by atoms with Gasteiger partial charge in [0, 0.05) is 15.3 Å². The van der Waals surface area contributed by atoms with E-state index in [1.54, 1.807) is 13.0 Å². The molecule has 0 aliphatic heterocycles. The van der Waals surface area contributed by atoms with Crippen molar-refractivity contribution in [1.29, 1.82) is 0 Å². The van der Waals surface area contributed by atoms with Crippen LogP contribution in [0.1, 0.15) is 14.5 Å².